The normalized spacial score (nSPS) is 11.1. The van der Waals surface area contributed by atoms with E-state index in [1.807, 2.05) is 19.0 Å². The maximum atomic E-state index is 5.46. The fourth-order valence-electron chi connectivity index (χ4n) is 1.40. The predicted molar refractivity (Wildman–Crippen MR) is 68.1 cm³/mol. The third-order valence-corrected chi connectivity index (χ3v) is 3.31. The highest BCUT2D eigenvalue weighted by Crippen LogP contribution is 2.17. The Morgan fingerprint density at radius 1 is 1.41 bits per heavy atom. The highest BCUT2D eigenvalue weighted by molar-refractivity contribution is 7.10. The Morgan fingerprint density at radius 2 is 2.24 bits per heavy atom. The van der Waals surface area contributed by atoms with Crippen LogP contribution in [0.5, 0.6) is 0 Å². The summed E-state index contributed by atoms with van der Waals surface area (Å²) in [5, 5.41) is 13.1. The Morgan fingerprint density at radius 3 is 2.88 bits per heavy atom. The third kappa shape index (κ3) is 3.28. The number of hydrogen-bond donors (Lipinski definition) is 1. The van der Waals surface area contributed by atoms with Gasteiger partial charge >= 0.3 is 6.01 Å². The lowest BCUT2D eigenvalue weighted by molar-refractivity contribution is 0.344. The number of aryl methyl sites for hydroxylation is 1. The molecule has 0 saturated carbocycles. The lowest BCUT2D eigenvalue weighted by Gasteiger charge is -2.03. The molecule has 0 aliphatic rings. The van der Waals surface area contributed by atoms with E-state index in [2.05, 4.69) is 33.9 Å². The van der Waals surface area contributed by atoms with Gasteiger partial charge in [-0.2, -0.15) is 0 Å². The van der Waals surface area contributed by atoms with Crippen LogP contribution < -0.4 is 5.32 Å². The Balaban J connectivity index is 1.91. The maximum Gasteiger partial charge on any atom is 0.315 e. The lowest BCUT2D eigenvalue weighted by atomic mass is 10.3. The van der Waals surface area contributed by atoms with Crippen LogP contribution in [0.3, 0.4) is 0 Å². The minimum Gasteiger partial charge on any atom is -0.407 e. The molecule has 0 aliphatic heterocycles. The van der Waals surface area contributed by atoms with E-state index in [9.17, 15) is 0 Å². The third-order valence-electron chi connectivity index (χ3n) is 2.29. The van der Waals surface area contributed by atoms with Crippen molar-refractivity contribution in [3.8, 4) is 0 Å². The molecule has 5 nitrogen and oxygen atoms in total. The van der Waals surface area contributed by atoms with Gasteiger partial charge in [0.15, 0.2) is 0 Å². The van der Waals surface area contributed by atoms with Gasteiger partial charge in [-0.1, -0.05) is 5.10 Å². The molecule has 0 amide bonds. The fraction of sp³-hybridized carbons (Fsp3) is 0.455. The SMILES string of the molecule is Cc1ccsc1CNc1nnc(CN(C)C)o1. The van der Waals surface area contributed by atoms with Crippen molar-refractivity contribution in [3.05, 3.63) is 27.8 Å². The molecule has 2 rings (SSSR count). The van der Waals surface area contributed by atoms with E-state index in [1.54, 1.807) is 11.3 Å². The molecule has 0 fully saturated rings. The van der Waals surface area contributed by atoms with Crippen LogP contribution in [0.4, 0.5) is 6.01 Å². The first-order valence-electron chi connectivity index (χ1n) is 5.39. The van der Waals surface area contributed by atoms with Crippen molar-refractivity contribution in [1.29, 1.82) is 0 Å². The van der Waals surface area contributed by atoms with E-state index in [0.29, 0.717) is 18.5 Å². The van der Waals surface area contributed by atoms with E-state index < -0.39 is 0 Å². The molecule has 0 spiro atoms. The van der Waals surface area contributed by atoms with Crippen molar-refractivity contribution in [2.45, 2.75) is 20.0 Å². The van der Waals surface area contributed by atoms with Gasteiger partial charge in [0.2, 0.25) is 5.89 Å². The van der Waals surface area contributed by atoms with Crippen molar-refractivity contribution in [1.82, 2.24) is 15.1 Å². The smallest absolute Gasteiger partial charge is 0.315 e. The minimum atomic E-state index is 0.481. The molecule has 0 unspecified atom stereocenters. The van der Waals surface area contributed by atoms with Crippen LogP contribution in [0.15, 0.2) is 15.9 Å². The molecule has 17 heavy (non-hydrogen) atoms. The molecular formula is C11H16N4OS. The summed E-state index contributed by atoms with van der Waals surface area (Å²) in [7, 11) is 3.93. The topological polar surface area (TPSA) is 54.2 Å². The largest absolute Gasteiger partial charge is 0.407 e. The molecule has 1 N–H and O–H groups in total. The number of aromatic nitrogens is 2. The zero-order chi connectivity index (χ0) is 12.3. The first-order chi connectivity index (χ1) is 8.15. The summed E-state index contributed by atoms with van der Waals surface area (Å²) in [6.07, 6.45) is 0. The first kappa shape index (κ1) is 12.1. The first-order valence-corrected chi connectivity index (χ1v) is 6.27. The number of nitrogens with zero attached hydrogens (tertiary/aromatic N) is 3. The molecule has 6 heteroatoms. The highest BCUT2D eigenvalue weighted by atomic mass is 32.1. The molecule has 2 aromatic rings. The Bertz CT molecular complexity index is 477. The van der Waals surface area contributed by atoms with Gasteiger partial charge in [0.05, 0.1) is 13.1 Å². The molecule has 0 aromatic carbocycles. The Kier molecular flexibility index (Phi) is 3.75. The van der Waals surface area contributed by atoms with Gasteiger partial charge in [-0.05, 0) is 38.0 Å². The monoisotopic (exact) mass is 252 g/mol. The van der Waals surface area contributed by atoms with Crippen LogP contribution in [-0.4, -0.2) is 29.2 Å². The van der Waals surface area contributed by atoms with Gasteiger partial charge < -0.3 is 14.6 Å². The second kappa shape index (κ2) is 5.29. The van der Waals surface area contributed by atoms with Crippen LogP contribution >= 0.6 is 11.3 Å². The quantitative estimate of drug-likeness (QED) is 0.883. The summed E-state index contributed by atoms with van der Waals surface area (Å²) in [6, 6.07) is 2.59. The second-order valence-corrected chi connectivity index (χ2v) is 5.12. The van der Waals surface area contributed by atoms with Crippen LogP contribution in [-0.2, 0) is 13.1 Å². The molecule has 0 radical (unpaired) electrons. The van der Waals surface area contributed by atoms with E-state index in [-0.39, 0.29) is 0 Å². The van der Waals surface area contributed by atoms with E-state index in [0.717, 1.165) is 6.54 Å². The van der Waals surface area contributed by atoms with Crippen LogP contribution in [0, 0.1) is 6.92 Å². The summed E-state index contributed by atoms with van der Waals surface area (Å²) < 4.78 is 5.46. The Hall–Kier alpha value is -1.40. The van der Waals surface area contributed by atoms with Gasteiger partial charge in [-0.25, -0.2) is 0 Å². The van der Waals surface area contributed by atoms with Crippen LogP contribution in [0.25, 0.3) is 0 Å². The zero-order valence-electron chi connectivity index (χ0n) is 10.2. The van der Waals surface area contributed by atoms with Gasteiger partial charge in [-0.15, -0.1) is 16.4 Å². The van der Waals surface area contributed by atoms with Crippen molar-refractivity contribution in [2.24, 2.45) is 0 Å². The second-order valence-electron chi connectivity index (χ2n) is 4.12. The summed E-state index contributed by atoms with van der Waals surface area (Å²) in [6.45, 7) is 3.48. The number of nitrogens with one attached hydrogen (secondary N) is 1. The van der Waals surface area contributed by atoms with E-state index in [4.69, 9.17) is 4.42 Å². The molecule has 92 valence electrons. The molecule has 2 aromatic heterocycles. The number of hydrogen-bond acceptors (Lipinski definition) is 6. The average molecular weight is 252 g/mol. The van der Waals surface area contributed by atoms with Crippen LogP contribution in [0.2, 0.25) is 0 Å². The number of thiophene rings is 1. The number of rotatable bonds is 5. The van der Waals surface area contributed by atoms with Crippen LogP contribution in [0.1, 0.15) is 16.3 Å². The van der Waals surface area contributed by atoms with Gasteiger partial charge in [-0.3, -0.25) is 0 Å². The standard InChI is InChI=1S/C11H16N4OS/c1-8-4-5-17-9(8)6-12-11-14-13-10(16-11)7-15(2)3/h4-5H,6-7H2,1-3H3,(H,12,14). The number of anilines is 1. The summed E-state index contributed by atoms with van der Waals surface area (Å²) in [5.41, 5.74) is 1.29. The molecule has 0 aliphatic carbocycles. The van der Waals surface area contributed by atoms with Crippen molar-refractivity contribution in [3.63, 3.8) is 0 Å². The maximum absolute atomic E-state index is 5.46. The molecule has 0 bridgehead atoms. The Labute approximate surface area is 104 Å². The van der Waals surface area contributed by atoms with E-state index >= 15 is 0 Å². The van der Waals surface area contributed by atoms with Gasteiger partial charge in [0, 0.05) is 4.88 Å². The molecular weight excluding hydrogens is 236 g/mol. The highest BCUT2D eigenvalue weighted by Gasteiger charge is 2.07. The van der Waals surface area contributed by atoms with Crippen molar-refractivity contribution < 1.29 is 4.42 Å². The lowest BCUT2D eigenvalue weighted by Crippen LogP contribution is -2.10. The summed E-state index contributed by atoms with van der Waals surface area (Å²) in [4.78, 5) is 3.28. The summed E-state index contributed by atoms with van der Waals surface area (Å²) >= 11 is 1.73. The zero-order valence-corrected chi connectivity index (χ0v) is 11.0. The molecule has 0 saturated heterocycles. The van der Waals surface area contributed by atoms with Crippen molar-refractivity contribution in [2.75, 3.05) is 19.4 Å². The fourth-order valence-corrected chi connectivity index (χ4v) is 2.25. The average Bonchev–Trinajstić information content (AvgIpc) is 2.84. The van der Waals surface area contributed by atoms with Gasteiger partial charge in [0.25, 0.3) is 0 Å². The predicted octanol–water partition coefficient (Wildman–Crippen LogP) is 2.11. The molecule has 2 heterocycles. The van der Waals surface area contributed by atoms with E-state index in [1.165, 1.54) is 10.4 Å². The molecule has 0 atom stereocenters. The van der Waals surface area contributed by atoms with Gasteiger partial charge in [0.1, 0.15) is 0 Å². The summed E-state index contributed by atoms with van der Waals surface area (Å²) in [5.74, 6) is 0.625. The van der Waals surface area contributed by atoms with Crippen molar-refractivity contribution >= 4 is 17.4 Å². The minimum absolute atomic E-state index is 0.481.